The summed E-state index contributed by atoms with van der Waals surface area (Å²) in [7, 11) is 0. The number of carbonyl (C=O) groups excluding carboxylic acids is 1. The van der Waals surface area contributed by atoms with E-state index in [-0.39, 0.29) is 19.0 Å². The van der Waals surface area contributed by atoms with Gasteiger partial charge in [-0.1, -0.05) is 18.2 Å². The SMILES string of the molecule is CC=CC=CC(=O)N1C[C@@H](O)[C@@H](O)C1. The minimum atomic E-state index is -0.811. The number of β-amino-alcohol motifs (C(OH)–C–C–N with tert-alkyl or cyclic N) is 2. The number of rotatable bonds is 2. The maximum Gasteiger partial charge on any atom is 0.246 e. The van der Waals surface area contributed by atoms with Crippen LogP contribution in [0.5, 0.6) is 0 Å². The molecule has 0 bridgehead atoms. The first-order chi connectivity index (χ1) is 6.65. The molecular formula is C10H15NO3. The fourth-order valence-electron chi connectivity index (χ4n) is 1.30. The highest BCUT2D eigenvalue weighted by Gasteiger charge is 2.31. The largest absolute Gasteiger partial charge is 0.388 e. The van der Waals surface area contributed by atoms with E-state index in [1.54, 1.807) is 12.2 Å². The molecule has 0 saturated carbocycles. The average molecular weight is 197 g/mol. The number of amides is 1. The minimum Gasteiger partial charge on any atom is -0.388 e. The molecule has 1 heterocycles. The van der Waals surface area contributed by atoms with Crippen molar-refractivity contribution in [2.75, 3.05) is 13.1 Å². The normalized spacial score (nSPS) is 28.1. The maximum absolute atomic E-state index is 11.4. The van der Waals surface area contributed by atoms with Gasteiger partial charge in [-0.25, -0.2) is 0 Å². The summed E-state index contributed by atoms with van der Waals surface area (Å²) in [6, 6.07) is 0. The van der Waals surface area contributed by atoms with E-state index in [9.17, 15) is 15.0 Å². The lowest BCUT2D eigenvalue weighted by molar-refractivity contribution is -0.125. The molecule has 2 N–H and O–H groups in total. The fourth-order valence-corrected chi connectivity index (χ4v) is 1.30. The maximum atomic E-state index is 11.4. The van der Waals surface area contributed by atoms with Crippen LogP contribution in [0.2, 0.25) is 0 Å². The Balaban J connectivity index is 2.47. The molecule has 78 valence electrons. The van der Waals surface area contributed by atoms with Gasteiger partial charge in [0.2, 0.25) is 5.91 Å². The summed E-state index contributed by atoms with van der Waals surface area (Å²) in [5.41, 5.74) is 0. The standard InChI is InChI=1S/C10H15NO3/c1-2-3-4-5-10(14)11-6-8(12)9(13)7-11/h2-5,8-9,12-13H,6-7H2,1H3/t8-,9+. The van der Waals surface area contributed by atoms with E-state index in [1.807, 2.05) is 13.0 Å². The van der Waals surface area contributed by atoms with Crippen molar-refractivity contribution in [3.63, 3.8) is 0 Å². The molecule has 1 amide bonds. The van der Waals surface area contributed by atoms with Crippen LogP contribution in [-0.4, -0.2) is 46.3 Å². The third-order valence-corrected chi connectivity index (χ3v) is 2.11. The van der Waals surface area contributed by atoms with E-state index in [2.05, 4.69) is 0 Å². The summed E-state index contributed by atoms with van der Waals surface area (Å²) in [6.45, 7) is 2.28. The number of hydrogen-bond donors (Lipinski definition) is 2. The lowest BCUT2D eigenvalue weighted by atomic mass is 10.3. The Morgan fingerprint density at radius 2 is 1.86 bits per heavy atom. The van der Waals surface area contributed by atoms with Crippen molar-refractivity contribution in [3.05, 3.63) is 24.3 Å². The number of carbonyl (C=O) groups is 1. The molecule has 1 saturated heterocycles. The van der Waals surface area contributed by atoms with Gasteiger partial charge in [-0.15, -0.1) is 0 Å². The van der Waals surface area contributed by atoms with Gasteiger partial charge in [0.05, 0.1) is 12.2 Å². The summed E-state index contributed by atoms with van der Waals surface area (Å²) < 4.78 is 0. The predicted molar refractivity (Wildman–Crippen MR) is 52.5 cm³/mol. The topological polar surface area (TPSA) is 60.8 Å². The van der Waals surface area contributed by atoms with E-state index < -0.39 is 12.2 Å². The number of likely N-dealkylation sites (tertiary alicyclic amines) is 1. The highest BCUT2D eigenvalue weighted by atomic mass is 16.3. The Morgan fingerprint density at radius 1 is 1.29 bits per heavy atom. The van der Waals surface area contributed by atoms with Crippen molar-refractivity contribution in [1.82, 2.24) is 4.90 Å². The van der Waals surface area contributed by atoms with Crippen molar-refractivity contribution < 1.29 is 15.0 Å². The summed E-state index contributed by atoms with van der Waals surface area (Å²) in [6.07, 6.45) is 5.01. The van der Waals surface area contributed by atoms with Crippen LogP contribution in [-0.2, 0) is 4.79 Å². The predicted octanol–water partition coefficient (Wildman–Crippen LogP) is -0.317. The van der Waals surface area contributed by atoms with Crippen LogP contribution in [0.3, 0.4) is 0 Å². The van der Waals surface area contributed by atoms with Gasteiger partial charge < -0.3 is 15.1 Å². The van der Waals surface area contributed by atoms with Crippen LogP contribution in [0.15, 0.2) is 24.3 Å². The van der Waals surface area contributed by atoms with Gasteiger partial charge in [0.25, 0.3) is 0 Å². The van der Waals surface area contributed by atoms with Gasteiger partial charge >= 0.3 is 0 Å². The number of aliphatic hydroxyl groups excluding tert-OH is 2. The Kier molecular flexibility index (Phi) is 3.85. The van der Waals surface area contributed by atoms with Crippen LogP contribution < -0.4 is 0 Å². The molecule has 0 aromatic carbocycles. The van der Waals surface area contributed by atoms with Crippen molar-refractivity contribution in [2.45, 2.75) is 19.1 Å². The third-order valence-electron chi connectivity index (χ3n) is 2.11. The van der Waals surface area contributed by atoms with E-state index >= 15 is 0 Å². The van der Waals surface area contributed by atoms with E-state index in [0.29, 0.717) is 0 Å². The second kappa shape index (κ2) is 4.93. The molecule has 0 unspecified atom stereocenters. The zero-order valence-corrected chi connectivity index (χ0v) is 8.13. The van der Waals surface area contributed by atoms with Gasteiger partial charge in [0.15, 0.2) is 0 Å². The second-order valence-corrected chi connectivity index (χ2v) is 3.26. The van der Waals surface area contributed by atoms with Crippen LogP contribution in [0.1, 0.15) is 6.92 Å². The molecule has 1 rings (SSSR count). The van der Waals surface area contributed by atoms with Gasteiger partial charge in [-0.05, 0) is 6.92 Å². The first kappa shape index (κ1) is 10.9. The van der Waals surface area contributed by atoms with Crippen LogP contribution in [0.25, 0.3) is 0 Å². The molecule has 1 aliphatic heterocycles. The molecule has 4 nitrogen and oxygen atoms in total. The number of allylic oxidation sites excluding steroid dienone is 3. The summed E-state index contributed by atoms with van der Waals surface area (Å²) in [5, 5.41) is 18.4. The lowest BCUT2D eigenvalue weighted by Gasteiger charge is -2.11. The van der Waals surface area contributed by atoms with Gasteiger partial charge in [0, 0.05) is 19.2 Å². The highest BCUT2D eigenvalue weighted by Crippen LogP contribution is 2.10. The minimum absolute atomic E-state index is 0.182. The molecular weight excluding hydrogens is 182 g/mol. The first-order valence-electron chi connectivity index (χ1n) is 4.59. The van der Waals surface area contributed by atoms with Crippen LogP contribution in [0, 0.1) is 0 Å². The molecule has 2 atom stereocenters. The number of nitrogens with zero attached hydrogens (tertiary/aromatic N) is 1. The lowest BCUT2D eigenvalue weighted by Crippen LogP contribution is -2.27. The molecule has 0 spiro atoms. The monoisotopic (exact) mass is 197 g/mol. The molecule has 1 aliphatic rings. The van der Waals surface area contributed by atoms with E-state index in [0.717, 1.165) is 0 Å². The molecule has 14 heavy (non-hydrogen) atoms. The zero-order chi connectivity index (χ0) is 10.6. The summed E-state index contributed by atoms with van der Waals surface area (Å²) in [5.74, 6) is -0.182. The van der Waals surface area contributed by atoms with Crippen molar-refractivity contribution in [2.24, 2.45) is 0 Å². The Labute approximate surface area is 83.1 Å². The van der Waals surface area contributed by atoms with Gasteiger partial charge in [0.1, 0.15) is 0 Å². The van der Waals surface area contributed by atoms with E-state index in [4.69, 9.17) is 0 Å². The highest BCUT2D eigenvalue weighted by molar-refractivity contribution is 5.88. The van der Waals surface area contributed by atoms with Gasteiger partial charge in [-0.2, -0.15) is 0 Å². The zero-order valence-electron chi connectivity index (χ0n) is 8.13. The van der Waals surface area contributed by atoms with Gasteiger partial charge in [-0.3, -0.25) is 4.79 Å². The number of hydrogen-bond acceptors (Lipinski definition) is 3. The molecule has 0 aromatic heterocycles. The Hall–Kier alpha value is -1.13. The molecule has 0 radical (unpaired) electrons. The smallest absolute Gasteiger partial charge is 0.246 e. The average Bonchev–Trinajstić information content (AvgIpc) is 2.47. The Bertz CT molecular complexity index is 250. The molecule has 1 fully saturated rings. The molecule has 0 aliphatic carbocycles. The van der Waals surface area contributed by atoms with Crippen molar-refractivity contribution in [3.8, 4) is 0 Å². The summed E-state index contributed by atoms with van der Waals surface area (Å²) >= 11 is 0. The number of aliphatic hydroxyl groups is 2. The fraction of sp³-hybridized carbons (Fsp3) is 0.500. The first-order valence-corrected chi connectivity index (χ1v) is 4.59. The Morgan fingerprint density at radius 3 is 2.36 bits per heavy atom. The van der Waals surface area contributed by atoms with Crippen molar-refractivity contribution >= 4 is 5.91 Å². The second-order valence-electron chi connectivity index (χ2n) is 3.26. The van der Waals surface area contributed by atoms with Crippen molar-refractivity contribution in [1.29, 1.82) is 0 Å². The third kappa shape index (κ3) is 2.68. The molecule has 0 aromatic rings. The van der Waals surface area contributed by atoms with Crippen LogP contribution in [0.4, 0.5) is 0 Å². The molecule has 4 heteroatoms. The van der Waals surface area contributed by atoms with E-state index in [1.165, 1.54) is 11.0 Å². The summed E-state index contributed by atoms with van der Waals surface area (Å²) in [4.78, 5) is 12.8. The quantitative estimate of drug-likeness (QED) is 0.471. The van der Waals surface area contributed by atoms with Crippen LogP contribution >= 0.6 is 0 Å².